The Morgan fingerprint density at radius 1 is 1.07 bits per heavy atom. The Morgan fingerprint density at radius 2 is 1.61 bits per heavy atom. The van der Waals surface area contributed by atoms with Crippen molar-refractivity contribution < 1.29 is 9.59 Å². The molecular weight excluding hydrogens is 350 g/mol. The van der Waals surface area contributed by atoms with Gasteiger partial charge >= 0.3 is 0 Å². The largest absolute Gasteiger partial charge is 0.355 e. The number of nitrogens with one attached hydrogen (secondary N) is 2. The van der Waals surface area contributed by atoms with E-state index in [2.05, 4.69) is 15.5 Å². The molecule has 152 valence electrons. The third-order valence-corrected chi connectivity index (χ3v) is 7.34. The quantitative estimate of drug-likeness (QED) is 0.794. The van der Waals surface area contributed by atoms with Crippen molar-refractivity contribution in [2.75, 3.05) is 14.1 Å². The molecule has 2 N–H and O–H groups in total. The second kappa shape index (κ2) is 7.51. The normalized spacial score (nSPS) is 31.6. The van der Waals surface area contributed by atoms with Crippen molar-refractivity contribution in [1.29, 1.82) is 0 Å². The second-order valence-corrected chi connectivity index (χ2v) is 9.55. The highest BCUT2D eigenvalue weighted by molar-refractivity contribution is 5.93. The maximum Gasteiger partial charge on any atom is 0.251 e. The number of benzene rings is 1. The summed E-state index contributed by atoms with van der Waals surface area (Å²) in [6, 6.07) is 7.42. The molecule has 1 aromatic carbocycles. The SMILES string of the molecule is CNC(=O)c1ccc(CN(C)[C@@H](C)C(=O)NC23CC4CC(CC(C4)C2)C3)cc1. The smallest absolute Gasteiger partial charge is 0.251 e. The van der Waals surface area contributed by atoms with Crippen LogP contribution in [0.2, 0.25) is 0 Å². The summed E-state index contributed by atoms with van der Waals surface area (Å²) < 4.78 is 0. The number of amides is 2. The summed E-state index contributed by atoms with van der Waals surface area (Å²) in [5.74, 6) is 2.57. The molecule has 1 atom stereocenters. The van der Waals surface area contributed by atoms with Crippen LogP contribution in [0.25, 0.3) is 0 Å². The fourth-order valence-electron chi connectivity index (χ4n) is 6.16. The van der Waals surface area contributed by atoms with Crippen LogP contribution in [-0.2, 0) is 11.3 Å². The van der Waals surface area contributed by atoms with Crippen LogP contribution in [0.5, 0.6) is 0 Å². The Bertz CT molecular complexity index is 707. The minimum absolute atomic E-state index is 0.0656. The van der Waals surface area contributed by atoms with Gasteiger partial charge in [-0.05, 0) is 87.9 Å². The van der Waals surface area contributed by atoms with E-state index in [0.29, 0.717) is 12.1 Å². The lowest BCUT2D eigenvalue weighted by molar-refractivity contribution is -0.131. The van der Waals surface area contributed by atoms with Gasteiger partial charge < -0.3 is 10.6 Å². The van der Waals surface area contributed by atoms with Crippen LogP contribution in [0, 0.1) is 17.8 Å². The Labute approximate surface area is 168 Å². The first kappa shape index (κ1) is 19.4. The van der Waals surface area contributed by atoms with Crippen LogP contribution < -0.4 is 10.6 Å². The van der Waals surface area contributed by atoms with Gasteiger partial charge in [0, 0.05) is 24.7 Å². The third-order valence-electron chi connectivity index (χ3n) is 7.34. The van der Waals surface area contributed by atoms with Gasteiger partial charge in [0.1, 0.15) is 0 Å². The molecular formula is C23H33N3O2. The fraction of sp³-hybridized carbons (Fsp3) is 0.652. The summed E-state index contributed by atoms with van der Waals surface area (Å²) in [4.78, 5) is 26.8. The van der Waals surface area contributed by atoms with Crippen LogP contribution in [-0.4, -0.2) is 42.4 Å². The van der Waals surface area contributed by atoms with E-state index in [1.165, 1.54) is 38.5 Å². The molecule has 0 heterocycles. The van der Waals surface area contributed by atoms with E-state index in [0.717, 1.165) is 23.3 Å². The van der Waals surface area contributed by atoms with Crippen LogP contribution in [0.4, 0.5) is 0 Å². The van der Waals surface area contributed by atoms with Gasteiger partial charge in [-0.3, -0.25) is 14.5 Å². The standard InChI is InChI=1S/C23H33N3O2/c1-15(26(3)14-16-4-6-20(7-5-16)22(28)24-2)21(27)25-23-11-17-8-18(12-23)10-19(9-17)13-23/h4-7,15,17-19H,8-14H2,1-3H3,(H,24,28)(H,25,27)/t15-,17?,18?,19?,23?/m0/s1. The monoisotopic (exact) mass is 383 g/mol. The maximum atomic E-state index is 13.0. The van der Waals surface area contributed by atoms with Crippen molar-refractivity contribution >= 4 is 11.8 Å². The molecule has 5 rings (SSSR count). The van der Waals surface area contributed by atoms with Crippen molar-refractivity contribution in [1.82, 2.24) is 15.5 Å². The van der Waals surface area contributed by atoms with Gasteiger partial charge in [0.15, 0.2) is 0 Å². The van der Waals surface area contributed by atoms with Crippen molar-refractivity contribution in [2.45, 2.75) is 63.6 Å². The van der Waals surface area contributed by atoms with Crippen LogP contribution >= 0.6 is 0 Å². The first-order valence-electron chi connectivity index (χ1n) is 10.7. The molecule has 0 saturated heterocycles. The molecule has 4 saturated carbocycles. The van der Waals surface area contributed by atoms with Gasteiger partial charge in [-0.1, -0.05) is 12.1 Å². The van der Waals surface area contributed by atoms with Crippen molar-refractivity contribution in [3.05, 3.63) is 35.4 Å². The van der Waals surface area contributed by atoms with Gasteiger partial charge in [-0.25, -0.2) is 0 Å². The Hall–Kier alpha value is -1.88. The number of likely N-dealkylation sites (N-methyl/N-ethyl adjacent to an activating group) is 1. The Balaban J connectivity index is 1.35. The summed E-state index contributed by atoms with van der Waals surface area (Å²) in [5, 5.41) is 6.12. The number of carbonyl (C=O) groups excluding carboxylic acids is 2. The second-order valence-electron chi connectivity index (χ2n) is 9.55. The number of nitrogens with zero attached hydrogens (tertiary/aromatic N) is 1. The molecule has 4 aliphatic carbocycles. The van der Waals surface area contributed by atoms with Crippen molar-refractivity contribution in [2.24, 2.45) is 17.8 Å². The number of hydrogen-bond donors (Lipinski definition) is 2. The molecule has 0 radical (unpaired) electrons. The topological polar surface area (TPSA) is 61.4 Å². The minimum atomic E-state index is -0.174. The third kappa shape index (κ3) is 3.82. The van der Waals surface area contributed by atoms with Crippen LogP contribution in [0.1, 0.15) is 61.4 Å². The van der Waals surface area contributed by atoms with Crippen molar-refractivity contribution in [3.8, 4) is 0 Å². The highest BCUT2D eigenvalue weighted by Crippen LogP contribution is 2.55. The average molecular weight is 384 g/mol. The van der Waals surface area contributed by atoms with Gasteiger partial charge in [0.05, 0.1) is 6.04 Å². The summed E-state index contributed by atoms with van der Waals surface area (Å²) in [5.41, 5.74) is 1.82. The summed E-state index contributed by atoms with van der Waals surface area (Å²) in [6.07, 6.45) is 7.70. The zero-order valence-electron chi connectivity index (χ0n) is 17.3. The van der Waals surface area contributed by atoms with Crippen LogP contribution in [0.15, 0.2) is 24.3 Å². The molecule has 5 nitrogen and oxygen atoms in total. The molecule has 1 aromatic rings. The number of rotatable bonds is 6. The average Bonchev–Trinajstić information content (AvgIpc) is 2.65. The lowest BCUT2D eigenvalue weighted by atomic mass is 9.53. The summed E-state index contributed by atoms with van der Waals surface area (Å²) in [7, 11) is 3.63. The zero-order chi connectivity index (χ0) is 19.9. The molecule has 0 spiro atoms. The molecule has 5 heteroatoms. The van der Waals surface area contributed by atoms with E-state index in [1.54, 1.807) is 7.05 Å². The summed E-state index contributed by atoms with van der Waals surface area (Å²) in [6.45, 7) is 2.68. The minimum Gasteiger partial charge on any atom is -0.355 e. The van der Waals surface area contributed by atoms with Gasteiger partial charge in [-0.2, -0.15) is 0 Å². The number of carbonyl (C=O) groups is 2. The predicted molar refractivity (Wildman–Crippen MR) is 110 cm³/mol. The van der Waals surface area contributed by atoms with Gasteiger partial charge in [0.25, 0.3) is 5.91 Å². The molecule has 0 unspecified atom stereocenters. The molecule has 4 bridgehead atoms. The lowest BCUT2D eigenvalue weighted by Gasteiger charge is -2.57. The molecule has 4 aliphatic rings. The number of hydrogen-bond acceptors (Lipinski definition) is 3. The van der Waals surface area contributed by atoms with E-state index < -0.39 is 0 Å². The predicted octanol–water partition coefficient (Wildman–Crippen LogP) is 2.95. The first-order valence-corrected chi connectivity index (χ1v) is 10.7. The fourth-order valence-corrected chi connectivity index (χ4v) is 6.16. The van der Waals surface area contributed by atoms with Gasteiger partial charge in [-0.15, -0.1) is 0 Å². The molecule has 4 fully saturated rings. The van der Waals surface area contributed by atoms with Crippen molar-refractivity contribution in [3.63, 3.8) is 0 Å². The van der Waals surface area contributed by atoms with E-state index in [4.69, 9.17) is 0 Å². The molecule has 28 heavy (non-hydrogen) atoms. The Kier molecular flexibility index (Phi) is 5.21. The molecule has 0 aromatic heterocycles. The van der Waals surface area contributed by atoms with E-state index >= 15 is 0 Å². The lowest BCUT2D eigenvalue weighted by Crippen LogP contribution is -2.62. The Morgan fingerprint density at radius 3 is 2.11 bits per heavy atom. The van der Waals surface area contributed by atoms with Gasteiger partial charge in [0.2, 0.25) is 5.91 Å². The molecule has 0 aliphatic heterocycles. The van der Waals surface area contributed by atoms with Crippen LogP contribution in [0.3, 0.4) is 0 Å². The highest BCUT2D eigenvalue weighted by atomic mass is 16.2. The maximum absolute atomic E-state index is 13.0. The first-order chi connectivity index (χ1) is 13.4. The summed E-state index contributed by atoms with van der Waals surface area (Å²) >= 11 is 0. The van der Waals surface area contributed by atoms with E-state index in [9.17, 15) is 9.59 Å². The highest BCUT2D eigenvalue weighted by Gasteiger charge is 2.51. The van der Waals surface area contributed by atoms with E-state index in [1.807, 2.05) is 38.2 Å². The van der Waals surface area contributed by atoms with E-state index in [-0.39, 0.29) is 23.4 Å². The zero-order valence-corrected chi connectivity index (χ0v) is 17.3. The molecule has 2 amide bonds.